The molecule has 1 atom stereocenters. The van der Waals surface area contributed by atoms with Crippen LogP contribution in [0.3, 0.4) is 0 Å². The number of fused-ring (bicyclic) bond motifs is 1. The highest BCUT2D eigenvalue weighted by Crippen LogP contribution is 2.34. The highest BCUT2D eigenvalue weighted by atomic mass is 32.1. The molecule has 1 unspecified atom stereocenters. The Hall–Kier alpha value is -3.17. The number of nitrogens with zero attached hydrogens (tertiary/aromatic N) is 3. The number of thiophene rings is 1. The zero-order chi connectivity index (χ0) is 22.1. The van der Waals surface area contributed by atoms with E-state index < -0.39 is 0 Å². The van der Waals surface area contributed by atoms with Crippen LogP contribution in [0.4, 0.5) is 0 Å². The molecular weight excluding hydrogens is 446 g/mol. The molecule has 1 aliphatic heterocycles. The molecule has 9 heteroatoms. The van der Waals surface area contributed by atoms with Gasteiger partial charge in [0, 0.05) is 24.4 Å². The summed E-state index contributed by atoms with van der Waals surface area (Å²) in [7, 11) is 1.74. The number of aromatic nitrogens is 2. The summed E-state index contributed by atoms with van der Waals surface area (Å²) in [5.74, 6) is 1.62. The fourth-order valence-corrected chi connectivity index (χ4v) is 5.17. The SMILES string of the molecule is CC(Cc1ccc2c(c1)OCO2)c1cc(C(=O)N(C)Cc2csc(-c3cccs3)n2)on1. The van der Waals surface area contributed by atoms with Gasteiger partial charge in [-0.05, 0) is 35.6 Å². The standard InChI is InChI=1S/C23H21N3O4S2/c1-14(8-15-5-6-18-19(9-15)29-13-28-18)17-10-20(30-25-17)23(27)26(2)11-16-12-32-22(24-16)21-4-3-7-31-21/h3-7,9-10,12,14H,8,11,13H2,1-2H3. The van der Waals surface area contributed by atoms with Crippen molar-refractivity contribution in [3.63, 3.8) is 0 Å². The fraction of sp³-hybridized carbons (Fsp3) is 0.261. The molecule has 32 heavy (non-hydrogen) atoms. The topological polar surface area (TPSA) is 77.7 Å². The predicted molar refractivity (Wildman–Crippen MR) is 122 cm³/mol. The Balaban J connectivity index is 1.22. The smallest absolute Gasteiger partial charge is 0.292 e. The molecule has 1 aromatic carbocycles. The van der Waals surface area contributed by atoms with Crippen LogP contribution in [0.15, 0.2) is 51.7 Å². The minimum atomic E-state index is -0.218. The van der Waals surface area contributed by atoms with E-state index in [9.17, 15) is 4.79 Å². The number of benzene rings is 1. The summed E-state index contributed by atoms with van der Waals surface area (Å²) in [5, 5.41) is 9.12. The fourth-order valence-electron chi connectivity index (χ4n) is 3.54. The number of carbonyl (C=O) groups is 1. The van der Waals surface area contributed by atoms with Crippen LogP contribution in [0.25, 0.3) is 9.88 Å². The van der Waals surface area contributed by atoms with E-state index >= 15 is 0 Å². The second-order valence-corrected chi connectivity index (χ2v) is 9.50. The maximum absolute atomic E-state index is 12.8. The molecule has 0 bridgehead atoms. The first-order valence-electron chi connectivity index (χ1n) is 10.2. The van der Waals surface area contributed by atoms with E-state index in [1.165, 1.54) is 0 Å². The molecule has 0 spiro atoms. The number of hydrogen-bond acceptors (Lipinski definition) is 8. The molecular formula is C23H21N3O4S2. The van der Waals surface area contributed by atoms with E-state index in [1.807, 2.05) is 41.1 Å². The second kappa shape index (κ2) is 8.76. The van der Waals surface area contributed by atoms with Gasteiger partial charge in [-0.15, -0.1) is 22.7 Å². The number of rotatable bonds is 7. The summed E-state index contributed by atoms with van der Waals surface area (Å²) in [5.41, 5.74) is 2.71. The number of thiazole rings is 1. The van der Waals surface area contributed by atoms with E-state index in [-0.39, 0.29) is 24.4 Å². The van der Waals surface area contributed by atoms with E-state index in [4.69, 9.17) is 14.0 Å². The second-order valence-electron chi connectivity index (χ2n) is 7.69. The van der Waals surface area contributed by atoms with Gasteiger partial charge in [0.25, 0.3) is 5.91 Å². The Morgan fingerprint density at radius 3 is 2.91 bits per heavy atom. The van der Waals surface area contributed by atoms with E-state index in [0.717, 1.165) is 44.8 Å². The third kappa shape index (κ3) is 4.26. The van der Waals surface area contributed by atoms with Crippen molar-refractivity contribution in [1.29, 1.82) is 0 Å². The molecule has 5 rings (SSSR count). The summed E-state index contributed by atoms with van der Waals surface area (Å²) in [4.78, 5) is 20.2. The molecule has 3 aromatic heterocycles. The molecule has 0 N–H and O–H groups in total. The van der Waals surface area contributed by atoms with Crippen LogP contribution in [0.5, 0.6) is 11.5 Å². The monoisotopic (exact) mass is 467 g/mol. The lowest BCUT2D eigenvalue weighted by atomic mass is 9.97. The zero-order valence-electron chi connectivity index (χ0n) is 17.6. The average molecular weight is 468 g/mol. The van der Waals surface area contributed by atoms with Crippen molar-refractivity contribution < 1.29 is 18.8 Å². The van der Waals surface area contributed by atoms with Crippen molar-refractivity contribution in [2.75, 3.05) is 13.8 Å². The maximum Gasteiger partial charge on any atom is 0.292 e. The molecule has 0 fully saturated rings. The largest absolute Gasteiger partial charge is 0.454 e. The molecule has 1 aliphatic rings. The third-order valence-electron chi connectivity index (χ3n) is 5.25. The highest BCUT2D eigenvalue weighted by molar-refractivity contribution is 7.20. The Morgan fingerprint density at radius 1 is 1.19 bits per heavy atom. The third-order valence-corrected chi connectivity index (χ3v) is 7.18. The van der Waals surface area contributed by atoms with Crippen molar-refractivity contribution in [1.82, 2.24) is 15.0 Å². The first kappa shape index (κ1) is 20.7. The van der Waals surface area contributed by atoms with Crippen LogP contribution in [0, 0.1) is 0 Å². The Bertz CT molecular complexity index is 1230. The number of ether oxygens (including phenoxy) is 2. The molecule has 1 amide bonds. The van der Waals surface area contributed by atoms with Gasteiger partial charge >= 0.3 is 0 Å². The molecule has 0 saturated carbocycles. The van der Waals surface area contributed by atoms with Gasteiger partial charge in [0.2, 0.25) is 12.6 Å². The van der Waals surface area contributed by atoms with E-state index in [1.54, 1.807) is 40.7 Å². The van der Waals surface area contributed by atoms with E-state index in [0.29, 0.717) is 6.54 Å². The Kier molecular flexibility index (Phi) is 5.67. The van der Waals surface area contributed by atoms with Gasteiger partial charge in [0.15, 0.2) is 11.5 Å². The van der Waals surface area contributed by atoms with Crippen molar-refractivity contribution in [3.05, 3.63) is 69.9 Å². The molecule has 164 valence electrons. The molecule has 0 radical (unpaired) electrons. The van der Waals surface area contributed by atoms with Gasteiger partial charge in [0.1, 0.15) is 5.01 Å². The first-order chi connectivity index (χ1) is 15.6. The van der Waals surface area contributed by atoms with Crippen LogP contribution in [-0.4, -0.2) is 34.8 Å². The zero-order valence-corrected chi connectivity index (χ0v) is 19.2. The van der Waals surface area contributed by atoms with Gasteiger partial charge in [-0.2, -0.15) is 0 Å². The van der Waals surface area contributed by atoms with Crippen LogP contribution >= 0.6 is 22.7 Å². The first-order valence-corrected chi connectivity index (χ1v) is 11.9. The lowest BCUT2D eigenvalue weighted by molar-refractivity contribution is 0.0742. The maximum atomic E-state index is 12.8. The van der Waals surface area contributed by atoms with Gasteiger partial charge in [-0.1, -0.05) is 24.2 Å². The summed E-state index contributed by atoms with van der Waals surface area (Å²) < 4.78 is 16.2. The van der Waals surface area contributed by atoms with Crippen molar-refractivity contribution in [2.24, 2.45) is 0 Å². The predicted octanol–water partition coefficient (Wildman–Crippen LogP) is 5.21. The van der Waals surface area contributed by atoms with Crippen LogP contribution in [0.1, 0.15) is 40.3 Å². The quantitative estimate of drug-likeness (QED) is 0.371. The van der Waals surface area contributed by atoms with E-state index in [2.05, 4.69) is 17.1 Å². The highest BCUT2D eigenvalue weighted by Gasteiger charge is 2.22. The minimum absolute atomic E-state index is 0.0814. The minimum Gasteiger partial charge on any atom is -0.454 e. The van der Waals surface area contributed by atoms with Gasteiger partial charge in [-0.3, -0.25) is 4.79 Å². The van der Waals surface area contributed by atoms with Gasteiger partial charge in [0.05, 0.1) is 22.8 Å². The van der Waals surface area contributed by atoms with Crippen molar-refractivity contribution >= 4 is 28.6 Å². The average Bonchev–Trinajstić information content (AvgIpc) is 3.59. The lowest BCUT2D eigenvalue weighted by Gasteiger charge is -2.13. The molecule has 7 nitrogen and oxygen atoms in total. The van der Waals surface area contributed by atoms with Crippen LogP contribution < -0.4 is 9.47 Å². The van der Waals surface area contributed by atoms with Gasteiger partial charge < -0.3 is 18.9 Å². The van der Waals surface area contributed by atoms with Gasteiger partial charge in [-0.25, -0.2) is 4.98 Å². The number of carbonyl (C=O) groups excluding carboxylic acids is 1. The van der Waals surface area contributed by atoms with Crippen LogP contribution in [0.2, 0.25) is 0 Å². The summed E-state index contributed by atoms with van der Waals surface area (Å²) in [6.07, 6.45) is 0.747. The molecule has 4 heterocycles. The van der Waals surface area contributed by atoms with Crippen molar-refractivity contribution in [3.8, 4) is 21.4 Å². The summed E-state index contributed by atoms with van der Waals surface area (Å²) in [6.45, 7) is 2.72. The lowest BCUT2D eigenvalue weighted by Crippen LogP contribution is -2.26. The van der Waals surface area contributed by atoms with Crippen LogP contribution in [-0.2, 0) is 13.0 Å². The summed E-state index contributed by atoms with van der Waals surface area (Å²) in [6, 6.07) is 11.7. The normalized spacial score (nSPS) is 13.3. The number of amides is 1. The summed E-state index contributed by atoms with van der Waals surface area (Å²) >= 11 is 3.24. The Labute approximate surface area is 193 Å². The van der Waals surface area contributed by atoms with Crippen molar-refractivity contribution in [2.45, 2.75) is 25.8 Å². The number of hydrogen-bond donors (Lipinski definition) is 0. The molecule has 0 aliphatic carbocycles. The molecule has 0 saturated heterocycles. The molecule has 4 aromatic rings. The Morgan fingerprint density at radius 2 is 2.06 bits per heavy atom.